The Kier molecular flexibility index (Phi) is 14.4. The second-order valence-corrected chi connectivity index (χ2v) is 9.70. The molecule has 2 rings (SSSR count). The highest BCUT2D eigenvalue weighted by Crippen LogP contribution is 2.32. The molecule has 0 bridgehead atoms. The summed E-state index contributed by atoms with van der Waals surface area (Å²) < 4.78 is 11.9. The molecule has 32 heavy (non-hydrogen) atoms. The molecular formula is C29H48O3. The summed E-state index contributed by atoms with van der Waals surface area (Å²) in [5.74, 6) is 0.106. The molecule has 0 amide bonds. The van der Waals surface area contributed by atoms with Gasteiger partial charge >= 0.3 is 5.97 Å². The minimum atomic E-state index is 0.0105. The quantitative estimate of drug-likeness (QED) is 0.150. The van der Waals surface area contributed by atoms with Crippen LogP contribution in [0.25, 0.3) is 0 Å². The second kappa shape index (κ2) is 17.2. The van der Waals surface area contributed by atoms with Crippen molar-refractivity contribution in [3.63, 3.8) is 0 Å². The van der Waals surface area contributed by atoms with E-state index < -0.39 is 0 Å². The lowest BCUT2D eigenvalue weighted by Gasteiger charge is -2.37. The summed E-state index contributed by atoms with van der Waals surface area (Å²) in [4.78, 5) is 12.0. The average Bonchev–Trinajstić information content (AvgIpc) is 2.81. The maximum absolute atomic E-state index is 12.0. The summed E-state index contributed by atoms with van der Waals surface area (Å²) in [6, 6.07) is 10.4. The van der Waals surface area contributed by atoms with Crippen molar-refractivity contribution in [1.82, 2.24) is 0 Å². The van der Waals surface area contributed by atoms with Gasteiger partial charge in [0.2, 0.25) is 0 Å². The topological polar surface area (TPSA) is 35.5 Å². The van der Waals surface area contributed by atoms with E-state index in [1.165, 1.54) is 82.6 Å². The van der Waals surface area contributed by atoms with E-state index in [1.54, 1.807) is 0 Å². The number of carbonyl (C=O) groups excluding carboxylic acids is 1. The van der Waals surface area contributed by atoms with Crippen molar-refractivity contribution in [2.45, 2.75) is 135 Å². The van der Waals surface area contributed by atoms with Crippen LogP contribution in [-0.4, -0.2) is 18.2 Å². The Morgan fingerprint density at radius 2 is 1.41 bits per heavy atom. The van der Waals surface area contributed by atoms with Crippen LogP contribution < -0.4 is 0 Å². The van der Waals surface area contributed by atoms with Crippen LogP contribution in [0, 0.1) is 5.92 Å². The average molecular weight is 445 g/mol. The fraction of sp³-hybridized carbons (Fsp3) is 0.759. The van der Waals surface area contributed by atoms with E-state index in [0.717, 1.165) is 25.7 Å². The van der Waals surface area contributed by atoms with Gasteiger partial charge in [-0.2, -0.15) is 0 Å². The third-order valence-corrected chi connectivity index (χ3v) is 6.84. The number of benzene rings is 1. The highest BCUT2D eigenvalue weighted by atomic mass is 16.6. The molecule has 0 N–H and O–H groups in total. The van der Waals surface area contributed by atoms with Gasteiger partial charge in [-0.3, -0.25) is 4.79 Å². The van der Waals surface area contributed by atoms with Crippen molar-refractivity contribution in [1.29, 1.82) is 0 Å². The monoisotopic (exact) mass is 444 g/mol. The van der Waals surface area contributed by atoms with Crippen LogP contribution in [0.15, 0.2) is 30.3 Å². The summed E-state index contributed by atoms with van der Waals surface area (Å²) in [6.45, 7) is 5.14. The summed E-state index contributed by atoms with van der Waals surface area (Å²) in [6.07, 6.45) is 20.0. The number of ether oxygens (including phenoxy) is 2. The maximum atomic E-state index is 12.0. The normalized spacial score (nSPS) is 18.9. The van der Waals surface area contributed by atoms with Crippen LogP contribution in [0.2, 0.25) is 0 Å². The first-order valence-electron chi connectivity index (χ1n) is 13.6. The second-order valence-electron chi connectivity index (χ2n) is 9.70. The minimum absolute atomic E-state index is 0.0105. The van der Waals surface area contributed by atoms with E-state index >= 15 is 0 Å². The largest absolute Gasteiger partial charge is 0.461 e. The number of hydrogen-bond donors (Lipinski definition) is 0. The molecule has 0 spiro atoms. The lowest BCUT2D eigenvalue weighted by Crippen LogP contribution is -2.47. The van der Waals surface area contributed by atoms with Crippen LogP contribution in [0.3, 0.4) is 0 Å². The fourth-order valence-electron chi connectivity index (χ4n) is 4.70. The van der Waals surface area contributed by atoms with Gasteiger partial charge in [0, 0.05) is 6.42 Å². The van der Waals surface area contributed by atoms with Gasteiger partial charge in [0.15, 0.2) is 0 Å². The molecule has 1 unspecified atom stereocenters. The van der Waals surface area contributed by atoms with E-state index in [2.05, 4.69) is 38.1 Å². The first kappa shape index (κ1) is 26.9. The molecule has 1 saturated heterocycles. The first-order chi connectivity index (χ1) is 15.7. The third kappa shape index (κ3) is 11.0. The van der Waals surface area contributed by atoms with E-state index in [9.17, 15) is 4.79 Å². The molecule has 0 aromatic heterocycles. The molecule has 3 atom stereocenters. The van der Waals surface area contributed by atoms with E-state index in [-0.39, 0.29) is 24.1 Å². The molecule has 0 aliphatic carbocycles. The number of hydrogen-bond acceptors (Lipinski definition) is 3. The van der Waals surface area contributed by atoms with Gasteiger partial charge < -0.3 is 9.47 Å². The molecule has 0 radical (unpaired) electrons. The minimum Gasteiger partial charge on any atom is -0.461 e. The van der Waals surface area contributed by atoms with Crippen molar-refractivity contribution >= 4 is 5.97 Å². The zero-order chi connectivity index (χ0) is 22.9. The van der Waals surface area contributed by atoms with Crippen LogP contribution >= 0.6 is 0 Å². The Morgan fingerprint density at radius 1 is 0.812 bits per heavy atom. The van der Waals surface area contributed by atoms with Gasteiger partial charge in [0.1, 0.15) is 6.10 Å². The molecule has 1 aliphatic heterocycles. The fourth-order valence-corrected chi connectivity index (χ4v) is 4.70. The lowest BCUT2D eigenvalue weighted by atomic mass is 9.86. The maximum Gasteiger partial charge on any atom is 0.313 e. The Hall–Kier alpha value is -1.35. The van der Waals surface area contributed by atoms with Crippen LogP contribution in [0.4, 0.5) is 0 Å². The summed E-state index contributed by atoms with van der Waals surface area (Å²) >= 11 is 0. The first-order valence-corrected chi connectivity index (χ1v) is 13.6. The van der Waals surface area contributed by atoms with Gasteiger partial charge in [-0.15, -0.1) is 0 Å². The highest BCUT2D eigenvalue weighted by molar-refractivity contribution is 5.78. The number of carbonyl (C=O) groups is 1. The third-order valence-electron chi connectivity index (χ3n) is 6.84. The molecule has 0 saturated carbocycles. The predicted molar refractivity (Wildman–Crippen MR) is 134 cm³/mol. The van der Waals surface area contributed by atoms with Gasteiger partial charge in [0.25, 0.3) is 0 Å². The molecule has 1 fully saturated rings. The van der Waals surface area contributed by atoms with Gasteiger partial charge in [0.05, 0.1) is 18.6 Å². The number of unbranched alkanes of at least 4 members (excludes halogenated alkanes) is 11. The lowest BCUT2D eigenvalue weighted by molar-refractivity contribution is -0.190. The van der Waals surface area contributed by atoms with E-state index in [0.29, 0.717) is 6.61 Å². The molecule has 3 heteroatoms. The Balaban J connectivity index is 1.72. The van der Waals surface area contributed by atoms with Crippen molar-refractivity contribution in [2.75, 3.05) is 0 Å². The van der Waals surface area contributed by atoms with Crippen molar-refractivity contribution < 1.29 is 14.3 Å². The Bertz CT molecular complexity index is 585. The smallest absolute Gasteiger partial charge is 0.313 e. The van der Waals surface area contributed by atoms with Gasteiger partial charge in [-0.05, 0) is 18.4 Å². The summed E-state index contributed by atoms with van der Waals surface area (Å²) in [5, 5.41) is 0. The SMILES string of the molecule is CCCCCCCCCCCC(C[C@@H]1OC(=O)[C@H]1CCCCCC)OCc1ccccc1. The highest BCUT2D eigenvalue weighted by Gasteiger charge is 2.42. The molecule has 1 aromatic rings. The molecule has 1 aromatic carbocycles. The van der Waals surface area contributed by atoms with Gasteiger partial charge in [-0.1, -0.05) is 128 Å². The van der Waals surface area contributed by atoms with Gasteiger partial charge in [-0.25, -0.2) is 0 Å². The zero-order valence-electron chi connectivity index (χ0n) is 20.9. The standard InChI is InChI=1S/C29H48O3/c1-3-5-7-9-10-11-12-13-17-21-26(31-24-25-19-15-14-16-20-25)23-28-27(29(30)32-28)22-18-8-6-4-2/h14-16,19-20,26-28H,3-13,17-18,21-24H2,1-2H3/t26?,27-,28-/m0/s1. The molecule has 1 aliphatic rings. The van der Waals surface area contributed by atoms with Crippen LogP contribution in [0.5, 0.6) is 0 Å². The Labute approximate surface area is 197 Å². The molecular weight excluding hydrogens is 396 g/mol. The zero-order valence-corrected chi connectivity index (χ0v) is 20.9. The van der Waals surface area contributed by atoms with E-state index in [1.807, 2.05) is 6.07 Å². The summed E-state index contributed by atoms with van der Waals surface area (Å²) in [5.41, 5.74) is 1.21. The Morgan fingerprint density at radius 3 is 2.03 bits per heavy atom. The van der Waals surface area contributed by atoms with E-state index in [4.69, 9.17) is 9.47 Å². The van der Waals surface area contributed by atoms with Crippen LogP contribution in [-0.2, 0) is 20.9 Å². The van der Waals surface area contributed by atoms with Crippen molar-refractivity contribution in [3.8, 4) is 0 Å². The number of cyclic esters (lactones) is 1. The predicted octanol–water partition coefficient (Wildman–Crippen LogP) is 8.39. The van der Waals surface area contributed by atoms with Crippen LogP contribution in [0.1, 0.15) is 122 Å². The molecule has 3 nitrogen and oxygen atoms in total. The van der Waals surface area contributed by atoms with Crippen molar-refractivity contribution in [2.24, 2.45) is 5.92 Å². The molecule has 1 heterocycles. The number of esters is 1. The summed E-state index contributed by atoms with van der Waals surface area (Å²) in [7, 11) is 0. The van der Waals surface area contributed by atoms with Crippen molar-refractivity contribution in [3.05, 3.63) is 35.9 Å². The number of rotatable bonds is 20. The molecule has 182 valence electrons.